The zero-order valence-corrected chi connectivity index (χ0v) is 11.9. The Labute approximate surface area is 122 Å². The number of nitrogens with one attached hydrogen (secondary N) is 1. The molecule has 0 aliphatic carbocycles. The van der Waals surface area contributed by atoms with E-state index in [-0.39, 0.29) is 10.6 Å². The SMILES string of the molecule is COCCNCc1cnn(Cc2ccccc2[N+](=O)[O-])c1. The third-order valence-corrected chi connectivity index (χ3v) is 3.02. The molecular formula is C14H18N4O3. The number of rotatable bonds is 8. The maximum absolute atomic E-state index is 11.0. The van der Waals surface area contributed by atoms with Crippen LogP contribution in [-0.2, 0) is 17.8 Å². The fourth-order valence-corrected chi connectivity index (χ4v) is 1.99. The van der Waals surface area contributed by atoms with Gasteiger partial charge in [0.15, 0.2) is 0 Å². The van der Waals surface area contributed by atoms with Crippen LogP contribution in [0.25, 0.3) is 0 Å². The lowest BCUT2D eigenvalue weighted by atomic mass is 10.2. The number of nitrogens with zero attached hydrogens (tertiary/aromatic N) is 3. The highest BCUT2D eigenvalue weighted by Crippen LogP contribution is 2.18. The lowest BCUT2D eigenvalue weighted by molar-refractivity contribution is -0.385. The minimum atomic E-state index is -0.369. The number of nitro benzene ring substituents is 1. The van der Waals surface area contributed by atoms with Crippen LogP contribution in [0.15, 0.2) is 36.7 Å². The molecule has 1 aromatic heterocycles. The van der Waals surface area contributed by atoms with Crippen molar-refractivity contribution in [3.05, 3.63) is 57.9 Å². The maximum Gasteiger partial charge on any atom is 0.274 e. The van der Waals surface area contributed by atoms with Crippen LogP contribution in [0.5, 0.6) is 0 Å². The summed E-state index contributed by atoms with van der Waals surface area (Å²) in [6, 6.07) is 6.71. The van der Waals surface area contributed by atoms with Crippen molar-refractivity contribution in [1.82, 2.24) is 15.1 Å². The predicted molar refractivity (Wildman–Crippen MR) is 78.0 cm³/mol. The van der Waals surface area contributed by atoms with E-state index >= 15 is 0 Å². The molecule has 7 heteroatoms. The van der Waals surface area contributed by atoms with Crippen molar-refractivity contribution in [3.63, 3.8) is 0 Å². The second-order valence-electron chi connectivity index (χ2n) is 4.60. The van der Waals surface area contributed by atoms with Crippen LogP contribution >= 0.6 is 0 Å². The van der Waals surface area contributed by atoms with Crippen molar-refractivity contribution in [2.24, 2.45) is 0 Å². The average Bonchev–Trinajstić information content (AvgIpc) is 2.91. The molecule has 0 amide bonds. The fourth-order valence-electron chi connectivity index (χ4n) is 1.99. The summed E-state index contributed by atoms with van der Waals surface area (Å²) in [4.78, 5) is 10.6. The van der Waals surface area contributed by atoms with Gasteiger partial charge >= 0.3 is 0 Å². The zero-order chi connectivity index (χ0) is 15.1. The van der Waals surface area contributed by atoms with Crippen LogP contribution in [0.2, 0.25) is 0 Å². The normalized spacial score (nSPS) is 10.7. The van der Waals surface area contributed by atoms with Crippen LogP contribution in [0.3, 0.4) is 0 Å². The van der Waals surface area contributed by atoms with Gasteiger partial charge in [0, 0.05) is 38.0 Å². The third-order valence-electron chi connectivity index (χ3n) is 3.02. The smallest absolute Gasteiger partial charge is 0.274 e. The predicted octanol–water partition coefficient (Wildman–Crippen LogP) is 1.58. The number of hydrogen-bond acceptors (Lipinski definition) is 5. The van der Waals surface area contributed by atoms with Crippen molar-refractivity contribution in [1.29, 1.82) is 0 Å². The van der Waals surface area contributed by atoms with Gasteiger partial charge in [0.25, 0.3) is 5.69 Å². The number of benzene rings is 1. The molecule has 112 valence electrons. The molecule has 0 saturated carbocycles. The molecule has 21 heavy (non-hydrogen) atoms. The van der Waals surface area contributed by atoms with Gasteiger partial charge in [0.05, 0.1) is 29.8 Å². The topological polar surface area (TPSA) is 82.2 Å². The van der Waals surface area contributed by atoms with E-state index in [2.05, 4.69) is 10.4 Å². The van der Waals surface area contributed by atoms with Crippen molar-refractivity contribution in [2.45, 2.75) is 13.1 Å². The molecule has 0 aliphatic heterocycles. The van der Waals surface area contributed by atoms with Crippen molar-refractivity contribution in [2.75, 3.05) is 20.3 Å². The number of para-hydroxylation sites is 1. The first-order valence-corrected chi connectivity index (χ1v) is 6.64. The first kappa shape index (κ1) is 15.1. The Hall–Kier alpha value is -2.25. The maximum atomic E-state index is 11.0. The summed E-state index contributed by atoms with van der Waals surface area (Å²) in [5.74, 6) is 0. The summed E-state index contributed by atoms with van der Waals surface area (Å²) in [6.07, 6.45) is 3.64. The molecular weight excluding hydrogens is 272 g/mol. The Balaban J connectivity index is 1.98. The molecule has 2 rings (SSSR count). The highest BCUT2D eigenvalue weighted by atomic mass is 16.6. The van der Waals surface area contributed by atoms with E-state index in [1.807, 2.05) is 6.20 Å². The second-order valence-corrected chi connectivity index (χ2v) is 4.60. The van der Waals surface area contributed by atoms with Crippen molar-refractivity contribution in [3.8, 4) is 0 Å². The van der Waals surface area contributed by atoms with Gasteiger partial charge in [-0.15, -0.1) is 0 Å². The monoisotopic (exact) mass is 290 g/mol. The van der Waals surface area contributed by atoms with E-state index in [1.165, 1.54) is 6.07 Å². The first-order chi connectivity index (χ1) is 10.2. The molecule has 2 aromatic rings. The van der Waals surface area contributed by atoms with Crippen molar-refractivity contribution >= 4 is 5.69 Å². The van der Waals surface area contributed by atoms with Crippen LogP contribution < -0.4 is 5.32 Å². The van der Waals surface area contributed by atoms with E-state index in [1.54, 1.807) is 36.2 Å². The lowest BCUT2D eigenvalue weighted by Gasteiger charge is -2.03. The fraction of sp³-hybridized carbons (Fsp3) is 0.357. The number of aromatic nitrogens is 2. The van der Waals surface area contributed by atoms with Gasteiger partial charge in [-0.25, -0.2) is 0 Å². The molecule has 7 nitrogen and oxygen atoms in total. The van der Waals surface area contributed by atoms with Gasteiger partial charge in [-0.1, -0.05) is 18.2 Å². The minimum absolute atomic E-state index is 0.118. The molecule has 1 heterocycles. The summed E-state index contributed by atoms with van der Waals surface area (Å²) in [7, 11) is 1.66. The Kier molecular flexibility index (Phi) is 5.42. The first-order valence-electron chi connectivity index (χ1n) is 6.64. The highest BCUT2D eigenvalue weighted by Gasteiger charge is 2.12. The number of methoxy groups -OCH3 is 1. The van der Waals surface area contributed by atoms with Gasteiger partial charge < -0.3 is 10.1 Å². The summed E-state index contributed by atoms with van der Waals surface area (Å²) >= 11 is 0. The van der Waals surface area contributed by atoms with Crippen LogP contribution in [0.4, 0.5) is 5.69 Å². The molecule has 0 bridgehead atoms. The summed E-state index contributed by atoms with van der Waals surface area (Å²) in [5, 5.41) is 18.4. The third kappa shape index (κ3) is 4.37. The van der Waals surface area contributed by atoms with E-state index in [0.717, 1.165) is 12.1 Å². The van der Waals surface area contributed by atoms with Gasteiger partial charge in [-0.3, -0.25) is 14.8 Å². The average molecular weight is 290 g/mol. The van der Waals surface area contributed by atoms with Crippen LogP contribution in [0.1, 0.15) is 11.1 Å². The summed E-state index contributed by atoms with van der Waals surface area (Å²) < 4.78 is 6.66. The Morgan fingerprint density at radius 1 is 1.43 bits per heavy atom. The second kappa shape index (κ2) is 7.51. The zero-order valence-electron chi connectivity index (χ0n) is 11.9. The largest absolute Gasteiger partial charge is 0.383 e. The molecule has 1 aromatic carbocycles. The van der Waals surface area contributed by atoms with Crippen molar-refractivity contribution < 1.29 is 9.66 Å². The Morgan fingerprint density at radius 2 is 2.24 bits per heavy atom. The quantitative estimate of drug-likeness (QED) is 0.453. The Morgan fingerprint density at radius 3 is 3.00 bits per heavy atom. The van der Waals surface area contributed by atoms with Gasteiger partial charge in [-0.2, -0.15) is 5.10 Å². The number of nitro groups is 1. The molecule has 0 saturated heterocycles. The van der Waals surface area contributed by atoms with E-state index in [4.69, 9.17) is 4.74 Å². The number of hydrogen-bond donors (Lipinski definition) is 1. The lowest BCUT2D eigenvalue weighted by Crippen LogP contribution is -2.18. The molecule has 0 radical (unpaired) electrons. The van der Waals surface area contributed by atoms with Crippen LogP contribution in [-0.4, -0.2) is 35.0 Å². The van der Waals surface area contributed by atoms with Crippen LogP contribution in [0, 0.1) is 10.1 Å². The molecule has 0 aliphatic rings. The molecule has 1 N–H and O–H groups in total. The van der Waals surface area contributed by atoms with Gasteiger partial charge in [-0.05, 0) is 0 Å². The standard InChI is InChI=1S/C14H18N4O3/c1-21-7-6-15-8-12-9-16-17(10-12)11-13-4-2-3-5-14(13)18(19)20/h2-5,9-10,15H,6-8,11H2,1H3. The molecule has 0 fully saturated rings. The van der Waals surface area contributed by atoms with Gasteiger partial charge in [0.2, 0.25) is 0 Å². The summed E-state index contributed by atoms with van der Waals surface area (Å²) in [5.41, 5.74) is 1.79. The number of ether oxygens (including phenoxy) is 1. The van der Waals surface area contributed by atoms with E-state index in [9.17, 15) is 10.1 Å². The minimum Gasteiger partial charge on any atom is -0.383 e. The molecule has 0 spiro atoms. The highest BCUT2D eigenvalue weighted by molar-refractivity contribution is 5.39. The Bertz CT molecular complexity index is 597. The van der Waals surface area contributed by atoms with Gasteiger partial charge in [0.1, 0.15) is 0 Å². The molecule has 0 atom stereocenters. The summed E-state index contributed by atoms with van der Waals surface area (Å²) in [6.45, 7) is 2.51. The van der Waals surface area contributed by atoms with E-state index < -0.39 is 0 Å². The molecule has 0 unspecified atom stereocenters. The van der Waals surface area contributed by atoms with E-state index in [0.29, 0.717) is 25.3 Å².